The zero-order chi connectivity index (χ0) is 11.1. The summed E-state index contributed by atoms with van der Waals surface area (Å²) in [6.45, 7) is 5.46. The topological polar surface area (TPSA) is 9.23 Å². The summed E-state index contributed by atoms with van der Waals surface area (Å²) in [4.78, 5) is 0. The fourth-order valence-corrected chi connectivity index (χ4v) is 2.73. The summed E-state index contributed by atoms with van der Waals surface area (Å²) in [5.74, 6) is 0.725. The molecule has 2 unspecified atom stereocenters. The zero-order valence-electron chi connectivity index (χ0n) is 9.97. The molecule has 0 bridgehead atoms. The molecule has 0 aromatic rings. The summed E-state index contributed by atoms with van der Waals surface area (Å²) >= 11 is 3.67. The van der Waals surface area contributed by atoms with Crippen molar-refractivity contribution < 1.29 is 4.74 Å². The van der Waals surface area contributed by atoms with E-state index in [-0.39, 0.29) is 0 Å². The van der Waals surface area contributed by atoms with Gasteiger partial charge in [-0.25, -0.2) is 0 Å². The summed E-state index contributed by atoms with van der Waals surface area (Å²) in [6, 6.07) is 0. The molecule has 88 valence electrons. The zero-order valence-corrected chi connectivity index (χ0v) is 11.6. The number of hydrogen-bond donors (Lipinski definition) is 0. The molecule has 1 heterocycles. The van der Waals surface area contributed by atoms with Crippen molar-refractivity contribution in [3.05, 3.63) is 10.6 Å². The third-order valence-electron chi connectivity index (χ3n) is 3.09. The van der Waals surface area contributed by atoms with Crippen LogP contribution in [0.4, 0.5) is 0 Å². The molecule has 1 rings (SSSR count). The van der Waals surface area contributed by atoms with E-state index in [1.807, 2.05) is 0 Å². The fourth-order valence-electron chi connectivity index (χ4n) is 2.00. The smallest absolute Gasteiger partial charge is 0.0887 e. The lowest BCUT2D eigenvalue weighted by molar-refractivity contribution is 0.143. The van der Waals surface area contributed by atoms with Crippen LogP contribution in [0.5, 0.6) is 0 Å². The molecule has 1 aliphatic heterocycles. The van der Waals surface area contributed by atoms with Gasteiger partial charge in [0.1, 0.15) is 0 Å². The van der Waals surface area contributed by atoms with Gasteiger partial charge >= 0.3 is 0 Å². The first-order valence-electron chi connectivity index (χ1n) is 6.26. The van der Waals surface area contributed by atoms with Crippen LogP contribution in [0.2, 0.25) is 0 Å². The normalized spacial score (nSPS) is 24.5. The van der Waals surface area contributed by atoms with Crippen molar-refractivity contribution in [2.75, 3.05) is 6.61 Å². The molecular formula is C13H23BrO. The van der Waals surface area contributed by atoms with Crippen LogP contribution in [-0.2, 0) is 4.74 Å². The quantitative estimate of drug-likeness (QED) is 0.685. The summed E-state index contributed by atoms with van der Waals surface area (Å²) in [5.41, 5.74) is 0. The van der Waals surface area contributed by atoms with E-state index in [0.29, 0.717) is 6.10 Å². The van der Waals surface area contributed by atoms with Gasteiger partial charge in [-0.2, -0.15) is 0 Å². The Morgan fingerprint density at radius 1 is 1.53 bits per heavy atom. The van der Waals surface area contributed by atoms with E-state index in [0.717, 1.165) is 12.5 Å². The number of ether oxygens (including phenoxy) is 1. The van der Waals surface area contributed by atoms with Crippen LogP contribution in [0, 0.1) is 5.92 Å². The summed E-state index contributed by atoms with van der Waals surface area (Å²) < 4.78 is 6.93. The van der Waals surface area contributed by atoms with Crippen molar-refractivity contribution >= 4 is 15.9 Å². The van der Waals surface area contributed by atoms with Gasteiger partial charge in [-0.05, 0) is 31.6 Å². The van der Waals surface area contributed by atoms with Crippen LogP contribution in [0.3, 0.4) is 0 Å². The predicted octanol–water partition coefficient (Wildman–Crippen LogP) is 4.66. The number of rotatable bonds is 6. The van der Waals surface area contributed by atoms with Crippen LogP contribution >= 0.6 is 15.9 Å². The van der Waals surface area contributed by atoms with Crippen LogP contribution in [0.15, 0.2) is 10.6 Å². The van der Waals surface area contributed by atoms with Gasteiger partial charge in [0.2, 0.25) is 0 Å². The van der Waals surface area contributed by atoms with Crippen LogP contribution in [0.25, 0.3) is 0 Å². The lowest BCUT2D eigenvalue weighted by atomic mass is 9.98. The molecule has 2 atom stereocenters. The molecule has 0 aromatic heterocycles. The van der Waals surface area contributed by atoms with E-state index in [2.05, 4.69) is 35.9 Å². The Morgan fingerprint density at radius 2 is 2.33 bits per heavy atom. The molecule has 0 radical (unpaired) electrons. The van der Waals surface area contributed by atoms with Gasteiger partial charge in [0.15, 0.2) is 0 Å². The van der Waals surface area contributed by atoms with Gasteiger partial charge in [0.25, 0.3) is 0 Å². The number of unbranched alkanes of at least 4 members (excludes halogenated alkanes) is 1. The Bertz CT molecular complexity index is 195. The molecule has 0 saturated carbocycles. The molecule has 0 aliphatic carbocycles. The van der Waals surface area contributed by atoms with Gasteiger partial charge in [0, 0.05) is 11.1 Å². The van der Waals surface area contributed by atoms with Crippen molar-refractivity contribution in [2.24, 2.45) is 5.92 Å². The molecule has 0 N–H and O–H groups in total. The third-order valence-corrected chi connectivity index (χ3v) is 3.86. The first kappa shape index (κ1) is 13.2. The lowest BCUT2D eigenvalue weighted by Crippen LogP contribution is -2.06. The molecule has 0 spiro atoms. The van der Waals surface area contributed by atoms with Crippen molar-refractivity contribution in [2.45, 2.75) is 58.5 Å². The number of hydrogen-bond acceptors (Lipinski definition) is 1. The third kappa shape index (κ3) is 4.69. The fraction of sp³-hybridized carbons (Fsp3) is 0.846. The van der Waals surface area contributed by atoms with Crippen molar-refractivity contribution in [3.8, 4) is 0 Å². The molecule has 0 amide bonds. The molecule has 1 fully saturated rings. The summed E-state index contributed by atoms with van der Waals surface area (Å²) in [6.07, 6.45) is 10.3. The Kier molecular flexibility index (Phi) is 6.58. The average molecular weight is 275 g/mol. The highest BCUT2D eigenvalue weighted by atomic mass is 79.9. The van der Waals surface area contributed by atoms with Crippen molar-refractivity contribution in [1.29, 1.82) is 0 Å². The monoisotopic (exact) mass is 274 g/mol. The van der Waals surface area contributed by atoms with Crippen LogP contribution in [0.1, 0.15) is 52.4 Å². The second-order valence-electron chi connectivity index (χ2n) is 4.36. The maximum Gasteiger partial charge on any atom is 0.0887 e. The minimum atomic E-state index is 0.348. The lowest BCUT2D eigenvalue weighted by Gasteiger charge is -2.13. The predicted molar refractivity (Wildman–Crippen MR) is 69.3 cm³/mol. The van der Waals surface area contributed by atoms with E-state index in [1.165, 1.54) is 43.0 Å². The van der Waals surface area contributed by atoms with Gasteiger partial charge in [-0.15, -0.1) is 0 Å². The molecule has 0 aromatic carbocycles. The van der Waals surface area contributed by atoms with Gasteiger partial charge in [-0.3, -0.25) is 0 Å². The molecular weight excluding hydrogens is 252 g/mol. The first-order chi connectivity index (χ1) is 7.27. The summed E-state index contributed by atoms with van der Waals surface area (Å²) in [7, 11) is 0. The highest BCUT2D eigenvalue weighted by Gasteiger charge is 2.19. The standard InChI is InChI=1S/C13H23BrO/c1-3-5-7-11(4-2)10-12(14)13-8-6-9-15-13/h10-11,13H,3-9H2,1-2H3/b12-10+. The minimum Gasteiger partial charge on any atom is -0.373 e. The Morgan fingerprint density at radius 3 is 2.87 bits per heavy atom. The maximum atomic E-state index is 5.65. The van der Waals surface area contributed by atoms with E-state index in [4.69, 9.17) is 4.74 Å². The van der Waals surface area contributed by atoms with Crippen molar-refractivity contribution in [1.82, 2.24) is 0 Å². The second kappa shape index (κ2) is 7.45. The molecule has 1 saturated heterocycles. The maximum absolute atomic E-state index is 5.65. The van der Waals surface area contributed by atoms with Crippen LogP contribution in [-0.4, -0.2) is 12.7 Å². The van der Waals surface area contributed by atoms with Gasteiger partial charge in [-0.1, -0.05) is 48.7 Å². The van der Waals surface area contributed by atoms with E-state index in [9.17, 15) is 0 Å². The first-order valence-corrected chi connectivity index (χ1v) is 7.06. The van der Waals surface area contributed by atoms with Gasteiger partial charge < -0.3 is 4.74 Å². The Hall–Kier alpha value is 0.180. The highest BCUT2D eigenvalue weighted by Crippen LogP contribution is 2.27. The Labute approximate surface area is 102 Å². The molecule has 1 aliphatic rings. The Balaban J connectivity index is 2.41. The molecule has 2 heteroatoms. The second-order valence-corrected chi connectivity index (χ2v) is 5.28. The van der Waals surface area contributed by atoms with E-state index in [1.54, 1.807) is 0 Å². The highest BCUT2D eigenvalue weighted by molar-refractivity contribution is 9.11. The largest absolute Gasteiger partial charge is 0.373 e. The molecule has 1 nitrogen and oxygen atoms in total. The van der Waals surface area contributed by atoms with Crippen LogP contribution < -0.4 is 0 Å². The van der Waals surface area contributed by atoms with Crippen molar-refractivity contribution in [3.63, 3.8) is 0 Å². The van der Waals surface area contributed by atoms with E-state index < -0.39 is 0 Å². The minimum absolute atomic E-state index is 0.348. The number of halogens is 1. The molecule has 15 heavy (non-hydrogen) atoms. The number of allylic oxidation sites excluding steroid dienone is 1. The average Bonchev–Trinajstić information content (AvgIpc) is 2.77. The van der Waals surface area contributed by atoms with E-state index >= 15 is 0 Å². The summed E-state index contributed by atoms with van der Waals surface area (Å²) in [5, 5.41) is 0. The SMILES string of the molecule is CCCCC(/C=C(/Br)C1CCCO1)CC. The van der Waals surface area contributed by atoms with Gasteiger partial charge in [0.05, 0.1) is 6.10 Å².